The zero-order valence-corrected chi connectivity index (χ0v) is 13.2. The van der Waals surface area contributed by atoms with Crippen LogP contribution in [0.5, 0.6) is 0 Å². The fourth-order valence-electron chi connectivity index (χ4n) is 2.31. The number of benzene rings is 1. The summed E-state index contributed by atoms with van der Waals surface area (Å²) in [6.07, 6.45) is 4.46. The van der Waals surface area contributed by atoms with E-state index in [-0.39, 0.29) is 0 Å². The minimum absolute atomic E-state index is 0.631. The number of aryl methyl sites for hydroxylation is 1. The summed E-state index contributed by atoms with van der Waals surface area (Å²) in [5, 5.41) is 14.1. The van der Waals surface area contributed by atoms with Crippen LogP contribution >= 0.6 is 11.8 Å². The third-order valence-corrected chi connectivity index (χ3v) is 4.48. The summed E-state index contributed by atoms with van der Waals surface area (Å²) in [4.78, 5) is 4.30. The summed E-state index contributed by atoms with van der Waals surface area (Å²) in [6.45, 7) is 2.79. The molecule has 1 N–H and O–H groups in total. The molecule has 21 heavy (non-hydrogen) atoms. The summed E-state index contributed by atoms with van der Waals surface area (Å²) >= 11 is 1.68. The average molecular weight is 300 g/mol. The molecule has 1 atom stereocenters. The van der Waals surface area contributed by atoms with Crippen molar-refractivity contribution in [2.75, 3.05) is 12.3 Å². The molecule has 0 aliphatic heterocycles. The number of hydrogen-bond acceptors (Lipinski definition) is 4. The second-order valence-corrected chi connectivity index (χ2v) is 5.89. The SMILES string of the molecule is CCNC(C#N)(CCSc1nccn1C)c1ccccc1. The lowest BCUT2D eigenvalue weighted by Crippen LogP contribution is -2.41. The Morgan fingerprint density at radius 2 is 2.14 bits per heavy atom. The molecule has 0 radical (unpaired) electrons. The summed E-state index contributed by atoms with van der Waals surface area (Å²) in [5.41, 5.74) is 0.392. The first-order valence-corrected chi connectivity index (χ1v) is 8.02. The van der Waals surface area contributed by atoms with Gasteiger partial charge in [0.15, 0.2) is 5.16 Å². The molecule has 5 heteroatoms. The highest BCUT2D eigenvalue weighted by molar-refractivity contribution is 7.99. The highest BCUT2D eigenvalue weighted by Gasteiger charge is 2.30. The zero-order chi connectivity index (χ0) is 15.1. The standard InChI is InChI=1S/C16H20N4S/c1-3-19-16(13-17,14-7-5-4-6-8-14)9-12-21-15-18-10-11-20(15)2/h4-8,10-11,19H,3,9,12H2,1-2H3. The van der Waals surface area contributed by atoms with E-state index in [0.29, 0.717) is 0 Å². The van der Waals surface area contributed by atoms with Crippen molar-refractivity contribution >= 4 is 11.8 Å². The molecule has 1 heterocycles. The number of rotatable bonds is 7. The normalized spacial score (nSPS) is 13.6. The smallest absolute Gasteiger partial charge is 0.167 e. The lowest BCUT2D eigenvalue weighted by Gasteiger charge is -2.28. The van der Waals surface area contributed by atoms with Gasteiger partial charge in [-0.25, -0.2) is 4.98 Å². The van der Waals surface area contributed by atoms with E-state index in [0.717, 1.165) is 29.4 Å². The minimum Gasteiger partial charge on any atom is -0.329 e. The third-order valence-electron chi connectivity index (χ3n) is 3.42. The van der Waals surface area contributed by atoms with E-state index in [1.807, 2.05) is 55.1 Å². The summed E-state index contributed by atoms with van der Waals surface area (Å²) < 4.78 is 1.99. The van der Waals surface area contributed by atoms with Crippen LogP contribution in [-0.2, 0) is 12.6 Å². The number of imidazole rings is 1. The molecule has 1 aromatic carbocycles. The Hall–Kier alpha value is -1.77. The van der Waals surface area contributed by atoms with Crippen molar-refractivity contribution in [2.24, 2.45) is 7.05 Å². The molecule has 0 aliphatic rings. The molecular weight excluding hydrogens is 280 g/mol. The summed E-state index contributed by atoms with van der Waals surface area (Å²) in [6, 6.07) is 12.4. The topological polar surface area (TPSA) is 53.6 Å². The molecule has 0 bridgehead atoms. The number of nitriles is 1. The van der Waals surface area contributed by atoms with Crippen molar-refractivity contribution < 1.29 is 0 Å². The monoisotopic (exact) mass is 300 g/mol. The predicted octanol–water partition coefficient (Wildman–Crippen LogP) is 2.93. The molecule has 1 unspecified atom stereocenters. The molecule has 2 aromatic rings. The minimum atomic E-state index is -0.631. The van der Waals surface area contributed by atoms with E-state index in [2.05, 4.69) is 16.4 Å². The predicted molar refractivity (Wildman–Crippen MR) is 86.0 cm³/mol. The quantitative estimate of drug-likeness (QED) is 0.799. The first-order valence-electron chi connectivity index (χ1n) is 7.04. The number of hydrogen-bond donors (Lipinski definition) is 1. The molecule has 0 saturated heterocycles. The Morgan fingerprint density at radius 3 is 2.71 bits per heavy atom. The first-order chi connectivity index (χ1) is 10.2. The van der Waals surface area contributed by atoms with E-state index in [1.165, 1.54) is 0 Å². The Morgan fingerprint density at radius 1 is 1.38 bits per heavy atom. The van der Waals surface area contributed by atoms with Crippen molar-refractivity contribution in [1.82, 2.24) is 14.9 Å². The van der Waals surface area contributed by atoms with Gasteiger partial charge in [-0.3, -0.25) is 5.32 Å². The maximum atomic E-state index is 9.73. The van der Waals surface area contributed by atoms with Gasteiger partial charge in [0.2, 0.25) is 0 Å². The molecule has 0 saturated carbocycles. The maximum Gasteiger partial charge on any atom is 0.167 e. The van der Waals surface area contributed by atoms with Crippen LogP contribution in [0.25, 0.3) is 0 Å². The number of nitrogens with one attached hydrogen (secondary N) is 1. The van der Waals surface area contributed by atoms with E-state index in [1.54, 1.807) is 18.0 Å². The van der Waals surface area contributed by atoms with Gasteiger partial charge in [0.05, 0.1) is 6.07 Å². The van der Waals surface area contributed by atoms with Gasteiger partial charge in [0.25, 0.3) is 0 Å². The van der Waals surface area contributed by atoms with E-state index in [9.17, 15) is 5.26 Å². The highest BCUT2D eigenvalue weighted by Crippen LogP contribution is 2.28. The van der Waals surface area contributed by atoms with E-state index < -0.39 is 5.54 Å². The zero-order valence-electron chi connectivity index (χ0n) is 12.4. The second kappa shape index (κ2) is 7.30. The number of nitrogens with zero attached hydrogens (tertiary/aromatic N) is 3. The Bertz CT molecular complexity index is 602. The fraction of sp³-hybridized carbons (Fsp3) is 0.375. The number of aromatic nitrogens is 2. The Labute approximate surface area is 130 Å². The molecule has 0 amide bonds. The van der Waals surface area contributed by atoms with Crippen LogP contribution in [0.4, 0.5) is 0 Å². The third kappa shape index (κ3) is 3.66. The van der Waals surface area contributed by atoms with Gasteiger partial charge in [-0.1, -0.05) is 49.0 Å². The van der Waals surface area contributed by atoms with Gasteiger partial charge in [0.1, 0.15) is 5.54 Å². The molecule has 110 valence electrons. The van der Waals surface area contributed by atoms with Crippen LogP contribution in [0.15, 0.2) is 47.9 Å². The molecule has 2 rings (SSSR count). The summed E-state index contributed by atoms with van der Waals surface area (Å²) in [7, 11) is 1.98. The average Bonchev–Trinajstić information content (AvgIpc) is 2.92. The van der Waals surface area contributed by atoms with Crippen molar-refractivity contribution in [3.8, 4) is 6.07 Å². The fourth-order valence-corrected chi connectivity index (χ4v) is 3.30. The lowest BCUT2D eigenvalue weighted by atomic mass is 9.88. The largest absolute Gasteiger partial charge is 0.329 e. The molecule has 1 aromatic heterocycles. The molecular formula is C16H20N4S. The van der Waals surface area contributed by atoms with Gasteiger partial charge in [-0.2, -0.15) is 5.26 Å². The van der Waals surface area contributed by atoms with Crippen LogP contribution in [0.1, 0.15) is 18.9 Å². The van der Waals surface area contributed by atoms with Crippen molar-refractivity contribution in [2.45, 2.75) is 24.0 Å². The number of thioether (sulfide) groups is 1. The Kier molecular flexibility index (Phi) is 5.43. The van der Waals surface area contributed by atoms with Gasteiger partial charge in [-0.15, -0.1) is 0 Å². The Balaban J connectivity index is 2.10. The summed E-state index contributed by atoms with van der Waals surface area (Å²) in [5.74, 6) is 0.834. The van der Waals surface area contributed by atoms with Crippen LogP contribution < -0.4 is 5.32 Å². The van der Waals surface area contributed by atoms with Crippen molar-refractivity contribution in [3.63, 3.8) is 0 Å². The van der Waals surface area contributed by atoms with Crippen LogP contribution in [0.3, 0.4) is 0 Å². The molecule has 0 aliphatic carbocycles. The van der Waals surface area contributed by atoms with Crippen molar-refractivity contribution in [1.29, 1.82) is 5.26 Å². The first kappa shape index (κ1) is 15.6. The van der Waals surface area contributed by atoms with Crippen molar-refractivity contribution in [3.05, 3.63) is 48.3 Å². The van der Waals surface area contributed by atoms with Crippen LogP contribution in [-0.4, -0.2) is 21.8 Å². The second-order valence-electron chi connectivity index (χ2n) is 4.83. The molecule has 0 spiro atoms. The molecule has 4 nitrogen and oxygen atoms in total. The van der Waals surface area contributed by atoms with Gasteiger partial charge in [0, 0.05) is 25.2 Å². The lowest BCUT2D eigenvalue weighted by molar-refractivity contribution is 0.428. The van der Waals surface area contributed by atoms with E-state index >= 15 is 0 Å². The van der Waals surface area contributed by atoms with Gasteiger partial charge < -0.3 is 4.57 Å². The van der Waals surface area contributed by atoms with Crippen LogP contribution in [0.2, 0.25) is 0 Å². The van der Waals surface area contributed by atoms with Gasteiger partial charge in [-0.05, 0) is 18.5 Å². The highest BCUT2D eigenvalue weighted by atomic mass is 32.2. The van der Waals surface area contributed by atoms with Crippen LogP contribution in [0, 0.1) is 11.3 Å². The maximum absolute atomic E-state index is 9.73. The molecule has 0 fully saturated rings. The van der Waals surface area contributed by atoms with E-state index in [4.69, 9.17) is 0 Å². The van der Waals surface area contributed by atoms with Gasteiger partial charge >= 0.3 is 0 Å².